The molecule has 1 N–H and O–H groups in total. The molecule has 0 saturated heterocycles. The molecule has 2 rings (SSSR count). The van der Waals surface area contributed by atoms with Crippen molar-refractivity contribution in [3.05, 3.63) is 35.4 Å². The number of esters is 2. The highest BCUT2D eigenvalue weighted by atomic mass is 16.5. The van der Waals surface area contributed by atoms with Crippen LogP contribution in [0.2, 0.25) is 0 Å². The van der Waals surface area contributed by atoms with Crippen LogP contribution in [0.4, 0.5) is 0 Å². The average molecular weight is 376 g/mol. The summed E-state index contributed by atoms with van der Waals surface area (Å²) in [5.74, 6) is -0.885. The number of phenolic OH excluding ortho intramolecular Hbond substituents is 1. The van der Waals surface area contributed by atoms with Crippen molar-refractivity contribution in [1.29, 1.82) is 0 Å². The Morgan fingerprint density at radius 3 is 1.63 bits per heavy atom. The molecule has 0 aliphatic heterocycles. The van der Waals surface area contributed by atoms with Gasteiger partial charge in [-0.1, -0.05) is 0 Å². The van der Waals surface area contributed by atoms with Gasteiger partial charge in [0, 0.05) is 11.1 Å². The van der Waals surface area contributed by atoms with Crippen molar-refractivity contribution in [3.8, 4) is 34.1 Å². The highest BCUT2D eigenvalue weighted by Crippen LogP contribution is 2.46. The molecule has 0 atom stereocenters. The van der Waals surface area contributed by atoms with Crippen LogP contribution in [0.5, 0.6) is 23.0 Å². The minimum absolute atomic E-state index is 0.0880. The fourth-order valence-electron chi connectivity index (χ4n) is 2.66. The van der Waals surface area contributed by atoms with Gasteiger partial charge in [0.25, 0.3) is 0 Å². The van der Waals surface area contributed by atoms with Crippen LogP contribution in [0.25, 0.3) is 11.1 Å². The number of ether oxygens (including phenoxy) is 5. The van der Waals surface area contributed by atoms with Gasteiger partial charge in [-0.3, -0.25) is 0 Å². The Labute approximate surface area is 156 Å². The van der Waals surface area contributed by atoms with E-state index in [0.717, 1.165) is 0 Å². The number of carbonyl (C=O) groups excluding carboxylic acids is 2. The summed E-state index contributed by atoms with van der Waals surface area (Å²) < 4.78 is 25.5. The summed E-state index contributed by atoms with van der Waals surface area (Å²) in [4.78, 5) is 24.0. The second-order valence-corrected chi connectivity index (χ2v) is 5.32. The molecule has 27 heavy (non-hydrogen) atoms. The van der Waals surface area contributed by atoms with Crippen molar-refractivity contribution in [2.75, 3.05) is 35.5 Å². The van der Waals surface area contributed by atoms with Crippen molar-refractivity contribution < 1.29 is 38.4 Å². The maximum atomic E-state index is 12.0. The Bertz CT molecular complexity index is 872. The van der Waals surface area contributed by atoms with E-state index in [9.17, 15) is 14.7 Å². The van der Waals surface area contributed by atoms with Crippen LogP contribution in [-0.4, -0.2) is 52.6 Å². The molecule has 0 saturated carbocycles. The Hall–Kier alpha value is -3.42. The van der Waals surface area contributed by atoms with Crippen LogP contribution >= 0.6 is 0 Å². The zero-order valence-corrected chi connectivity index (χ0v) is 15.6. The van der Waals surface area contributed by atoms with Crippen LogP contribution in [0.1, 0.15) is 20.7 Å². The third-order valence-corrected chi connectivity index (χ3v) is 3.88. The molecule has 0 aromatic heterocycles. The van der Waals surface area contributed by atoms with E-state index < -0.39 is 11.9 Å². The number of carbonyl (C=O) groups is 2. The molecular formula is C19H20O8. The SMILES string of the molecule is COC(=O)c1cc(O)c(OC)c(-c2cc(C(=O)OC)cc(OC)c2OC)c1. The Morgan fingerprint density at radius 1 is 0.704 bits per heavy atom. The molecule has 2 aromatic rings. The minimum atomic E-state index is -0.649. The summed E-state index contributed by atoms with van der Waals surface area (Å²) in [6.45, 7) is 0. The van der Waals surface area contributed by atoms with E-state index in [1.165, 1.54) is 59.8 Å². The highest BCUT2D eigenvalue weighted by Gasteiger charge is 2.23. The zero-order valence-electron chi connectivity index (χ0n) is 15.6. The summed E-state index contributed by atoms with van der Waals surface area (Å²) in [6, 6.07) is 5.64. The van der Waals surface area contributed by atoms with Gasteiger partial charge < -0.3 is 28.8 Å². The van der Waals surface area contributed by atoms with Gasteiger partial charge in [0.05, 0.1) is 46.7 Å². The van der Waals surface area contributed by atoms with E-state index in [4.69, 9.17) is 23.7 Å². The lowest BCUT2D eigenvalue weighted by Crippen LogP contribution is -2.05. The second kappa shape index (κ2) is 8.31. The smallest absolute Gasteiger partial charge is 0.338 e. The number of benzene rings is 2. The first-order valence-electron chi connectivity index (χ1n) is 7.75. The monoisotopic (exact) mass is 376 g/mol. The normalized spacial score (nSPS) is 10.1. The van der Waals surface area contributed by atoms with Crippen molar-refractivity contribution in [2.45, 2.75) is 0 Å². The summed E-state index contributed by atoms with van der Waals surface area (Å²) >= 11 is 0. The molecule has 0 heterocycles. The first kappa shape index (κ1) is 19.9. The predicted molar refractivity (Wildman–Crippen MR) is 95.9 cm³/mol. The molecule has 144 valence electrons. The van der Waals surface area contributed by atoms with Gasteiger partial charge >= 0.3 is 11.9 Å². The lowest BCUT2D eigenvalue weighted by atomic mass is 9.97. The maximum Gasteiger partial charge on any atom is 0.338 e. The highest BCUT2D eigenvalue weighted by molar-refractivity contribution is 5.97. The fraction of sp³-hybridized carbons (Fsp3) is 0.263. The standard InChI is InChI=1S/C19H20O8/c1-23-15-9-11(19(22)27-5)7-13(17(15)25-3)12-6-10(18(21)26-4)8-14(20)16(12)24-2/h6-9,20H,1-5H3. The van der Waals surface area contributed by atoms with Gasteiger partial charge in [0.2, 0.25) is 0 Å². The largest absolute Gasteiger partial charge is 0.504 e. The number of hydrogen-bond donors (Lipinski definition) is 1. The van der Waals surface area contributed by atoms with Crippen molar-refractivity contribution in [1.82, 2.24) is 0 Å². The number of aromatic hydroxyl groups is 1. The first-order chi connectivity index (χ1) is 12.9. The van der Waals surface area contributed by atoms with Crippen LogP contribution in [-0.2, 0) is 9.47 Å². The third kappa shape index (κ3) is 3.74. The average Bonchev–Trinajstić information content (AvgIpc) is 2.70. The third-order valence-electron chi connectivity index (χ3n) is 3.88. The van der Waals surface area contributed by atoms with Gasteiger partial charge in [-0.2, -0.15) is 0 Å². The molecule has 0 aliphatic rings. The van der Waals surface area contributed by atoms with Crippen LogP contribution in [0, 0.1) is 0 Å². The van der Waals surface area contributed by atoms with Crippen molar-refractivity contribution in [3.63, 3.8) is 0 Å². The molecule has 8 nitrogen and oxygen atoms in total. The van der Waals surface area contributed by atoms with E-state index in [1.54, 1.807) is 0 Å². The number of methoxy groups -OCH3 is 5. The lowest BCUT2D eigenvalue weighted by Gasteiger charge is -2.18. The van der Waals surface area contributed by atoms with Gasteiger partial charge in [0.1, 0.15) is 0 Å². The molecule has 0 fully saturated rings. The van der Waals surface area contributed by atoms with Gasteiger partial charge in [-0.15, -0.1) is 0 Å². The van der Waals surface area contributed by atoms with Gasteiger partial charge in [-0.05, 0) is 24.3 Å². The summed E-state index contributed by atoms with van der Waals surface area (Å²) in [5.41, 5.74) is 0.944. The van der Waals surface area contributed by atoms with Crippen molar-refractivity contribution >= 4 is 11.9 Å². The molecule has 0 radical (unpaired) electrons. The van der Waals surface area contributed by atoms with Gasteiger partial charge in [-0.25, -0.2) is 9.59 Å². The van der Waals surface area contributed by atoms with Crippen LogP contribution in [0.15, 0.2) is 24.3 Å². The molecule has 0 bridgehead atoms. The maximum absolute atomic E-state index is 12.0. The summed E-state index contributed by atoms with van der Waals surface area (Å²) in [7, 11) is 6.69. The van der Waals surface area contributed by atoms with E-state index in [0.29, 0.717) is 11.1 Å². The number of rotatable bonds is 6. The zero-order chi connectivity index (χ0) is 20.1. The van der Waals surface area contributed by atoms with E-state index in [2.05, 4.69) is 0 Å². The Balaban J connectivity index is 2.88. The van der Waals surface area contributed by atoms with Crippen LogP contribution in [0.3, 0.4) is 0 Å². The van der Waals surface area contributed by atoms with Gasteiger partial charge in [0.15, 0.2) is 23.0 Å². The quantitative estimate of drug-likeness (QED) is 0.768. The van der Waals surface area contributed by atoms with E-state index in [-0.39, 0.29) is 34.1 Å². The van der Waals surface area contributed by atoms with E-state index in [1.807, 2.05) is 0 Å². The summed E-state index contributed by atoms with van der Waals surface area (Å²) in [6.07, 6.45) is 0. The van der Waals surface area contributed by atoms with E-state index >= 15 is 0 Å². The molecule has 8 heteroatoms. The number of hydrogen-bond acceptors (Lipinski definition) is 8. The fourth-order valence-corrected chi connectivity index (χ4v) is 2.66. The molecule has 0 amide bonds. The van der Waals surface area contributed by atoms with Crippen molar-refractivity contribution in [2.24, 2.45) is 0 Å². The summed E-state index contributed by atoms with van der Waals surface area (Å²) in [5, 5.41) is 10.3. The predicted octanol–water partition coefficient (Wildman–Crippen LogP) is 2.66. The Morgan fingerprint density at radius 2 is 1.19 bits per heavy atom. The molecule has 0 aliphatic carbocycles. The first-order valence-corrected chi connectivity index (χ1v) is 7.75. The molecule has 2 aromatic carbocycles. The Kier molecular flexibility index (Phi) is 6.12. The number of phenols is 1. The molecule has 0 unspecified atom stereocenters. The molecule has 0 spiro atoms. The molecular weight excluding hydrogens is 356 g/mol. The lowest BCUT2D eigenvalue weighted by molar-refractivity contribution is 0.0591. The topological polar surface area (TPSA) is 101 Å². The second-order valence-electron chi connectivity index (χ2n) is 5.32. The van der Waals surface area contributed by atoms with Crippen LogP contribution < -0.4 is 14.2 Å². The minimum Gasteiger partial charge on any atom is -0.504 e.